The van der Waals surface area contributed by atoms with Gasteiger partial charge in [-0.3, -0.25) is 9.59 Å². The third-order valence-corrected chi connectivity index (χ3v) is 5.79. The molecular formula is C23H23N3O4. The molecule has 7 nitrogen and oxygen atoms in total. The number of hydrogen-bond donors (Lipinski definition) is 0. The first-order valence-corrected chi connectivity index (χ1v) is 10.4. The highest BCUT2D eigenvalue weighted by Gasteiger charge is 2.36. The average Bonchev–Trinajstić information content (AvgIpc) is 3.21. The number of benzene rings is 2. The molecule has 5 rings (SSSR count). The van der Waals surface area contributed by atoms with Crippen LogP contribution in [-0.2, 0) is 16.0 Å². The number of likely N-dealkylation sites (tertiary alicyclic amines) is 1. The van der Waals surface area contributed by atoms with E-state index in [1.54, 1.807) is 11.0 Å². The van der Waals surface area contributed by atoms with E-state index in [4.69, 9.17) is 9.26 Å². The summed E-state index contributed by atoms with van der Waals surface area (Å²) in [6, 6.07) is 14.8. The SMILES string of the molecule is O=C([C@@H]1CN(C(=O)Cc2noc3ccccc23)c2ccccc2O1)N1CCCCC1. The number of carbonyl (C=O) groups is 2. The normalized spacial score (nSPS) is 18.7. The molecule has 1 saturated heterocycles. The van der Waals surface area contributed by atoms with E-state index in [1.807, 2.05) is 47.4 Å². The summed E-state index contributed by atoms with van der Waals surface area (Å²) in [5.41, 5.74) is 1.93. The van der Waals surface area contributed by atoms with Crippen LogP contribution < -0.4 is 9.64 Å². The lowest BCUT2D eigenvalue weighted by Gasteiger charge is -2.37. The van der Waals surface area contributed by atoms with Crippen molar-refractivity contribution in [3.63, 3.8) is 0 Å². The lowest BCUT2D eigenvalue weighted by Crippen LogP contribution is -2.53. The quantitative estimate of drug-likeness (QED) is 0.669. The molecule has 2 aromatic carbocycles. The van der Waals surface area contributed by atoms with Crippen LogP contribution in [0.5, 0.6) is 5.75 Å². The molecule has 3 aromatic rings. The van der Waals surface area contributed by atoms with Gasteiger partial charge in [-0.05, 0) is 43.5 Å². The Labute approximate surface area is 174 Å². The molecule has 154 valence electrons. The average molecular weight is 405 g/mol. The molecule has 3 heterocycles. The molecule has 0 saturated carbocycles. The zero-order chi connectivity index (χ0) is 20.5. The van der Waals surface area contributed by atoms with Gasteiger partial charge in [0.25, 0.3) is 5.91 Å². The van der Waals surface area contributed by atoms with Crippen molar-refractivity contribution in [2.75, 3.05) is 24.5 Å². The molecule has 2 aliphatic rings. The van der Waals surface area contributed by atoms with E-state index in [0.29, 0.717) is 22.7 Å². The predicted molar refractivity (Wildman–Crippen MR) is 111 cm³/mol. The summed E-state index contributed by atoms with van der Waals surface area (Å²) in [5, 5.41) is 4.91. The Balaban J connectivity index is 1.41. The Morgan fingerprint density at radius 1 is 1.00 bits per heavy atom. The molecule has 7 heteroatoms. The molecule has 0 radical (unpaired) electrons. The largest absolute Gasteiger partial charge is 0.476 e. The van der Waals surface area contributed by atoms with Crippen LogP contribution in [-0.4, -0.2) is 47.6 Å². The molecule has 0 unspecified atom stereocenters. The summed E-state index contributed by atoms with van der Waals surface area (Å²) in [4.78, 5) is 29.8. The number of rotatable bonds is 3. The summed E-state index contributed by atoms with van der Waals surface area (Å²) < 4.78 is 11.4. The van der Waals surface area contributed by atoms with E-state index in [0.717, 1.165) is 37.7 Å². The van der Waals surface area contributed by atoms with Crippen LogP contribution in [0.2, 0.25) is 0 Å². The molecule has 0 bridgehead atoms. The van der Waals surface area contributed by atoms with Gasteiger partial charge in [-0.15, -0.1) is 0 Å². The van der Waals surface area contributed by atoms with Gasteiger partial charge in [-0.2, -0.15) is 0 Å². The first kappa shape index (κ1) is 18.7. The maximum atomic E-state index is 13.3. The number of anilines is 1. The fraction of sp³-hybridized carbons (Fsp3) is 0.348. The van der Waals surface area contributed by atoms with Gasteiger partial charge in [0.1, 0.15) is 11.4 Å². The highest BCUT2D eigenvalue weighted by Crippen LogP contribution is 2.34. The number of piperidine rings is 1. The van der Waals surface area contributed by atoms with Gasteiger partial charge in [-0.25, -0.2) is 0 Å². The molecule has 0 spiro atoms. The number of hydrogen-bond acceptors (Lipinski definition) is 5. The smallest absolute Gasteiger partial charge is 0.265 e. The number of ether oxygens (including phenoxy) is 1. The van der Waals surface area contributed by atoms with Crippen molar-refractivity contribution in [3.05, 3.63) is 54.2 Å². The summed E-state index contributed by atoms with van der Waals surface area (Å²) >= 11 is 0. The topological polar surface area (TPSA) is 75.9 Å². The Bertz CT molecular complexity index is 1090. The summed E-state index contributed by atoms with van der Waals surface area (Å²) in [7, 11) is 0. The molecule has 2 aliphatic heterocycles. The Kier molecular flexibility index (Phi) is 4.86. The maximum Gasteiger partial charge on any atom is 0.265 e. The standard InChI is InChI=1S/C23H23N3O4/c27-22(14-17-16-8-2-4-10-19(16)30-24-17)26-15-21(23(28)25-12-6-1-7-13-25)29-20-11-5-3-9-18(20)26/h2-5,8-11,21H,1,6-7,12-15H2/t21-/m0/s1. The number of aromatic nitrogens is 1. The van der Waals surface area contributed by atoms with Crippen LogP contribution >= 0.6 is 0 Å². The van der Waals surface area contributed by atoms with Gasteiger partial charge in [0.15, 0.2) is 11.7 Å². The van der Waals surface area contributed by atoms with Crippen molar-refractivity contribution in [1.82, 2.24) is 10.1 Å². The van der Waals surface area contributed by atoms with E-state index in [1.165, 1.54) is 0 Å². The Morgan fingerprint density at radius 2 is 1.77 bits per heavy atom. The second kappa shape index (κ2) is 7.82. The van der Waals surface area contributed by atoms with E-state index in [-0.39, 0.29) is 24.8 Å². The van der Waals surface area contributed by atoms with Gasteiger partial charge in [0, 0.05) is 18.5 Å². The maximum absolute atomic E-state index is 13.3. The first-order chi connectivity index (χ1) is 14.7. The number of carbonyl (C=O) groups excluding carboxylic acids is 2. The van der Waals surface area contributed by atoms with Crippen LogP contribution in [0.3, 0.4) is 0 Å². The van der Waals surface area contributed by atoms with Crippen molar-refractivity contribution < 1.29 is 18.8 Å². The summed E-state index contributed by atoms with van der Waals surface area (Å²) in [6.07, 6.45) is 2.56. The van der Waals surface area contributed by atoms with Crippen molar-refractivity contribution in [2.45, 2.75) is 31.8 Å². The Morgan fingerprint density at radius 3 is 2.63 bits per heavy atom. The van der Waals surface area contributed by atoms with Crippen LogP contribution in [0.4, 0.5) is 5.69 Å². The zero-order valence-electron chi connectivity index (χ0n) is 16.6. The number of amides is 2. The highest BCUT2D eigenvalue weighted by atomic mass is 16.5. The van der Waals surface area contributed by atoms with E-state index in [2.05, 4.69) is 5.16 Å². The molecular weight excluding hydrogens is 382 g/mol. The second-order valence-corrected chi connectivity index (χ2v) is 7.77. The fourth-order valence-electron chi connectivity index (χ4n) is 4.22. The molecule has 1 fully saturated rings. The monoisotopic (exact) mass is 405 g/mol. The third-order valence-electron chi connectivity index (χ3n) is 5.79. The van der Waals surface area contributed by atoms with Crippen molar-refractivity contribution >= 4 is 28.5 Å². The zero-order valence-corrected chi connectivity index (χ0v) is 16.6. The second-order valence-electron chi connectivity index (χ2n) is 7.77. The molecule has 0 aliphatic carbocycles. The van der Waals surface area contributed by atoms with Gasteiger partial charge < -0.3 is 19.1 Å². The van der Waals surface area contributed by atoms with Crippen LogP contribution in [0.15, 0.2) is 53.1 Å². The minimum atomic E-state index is -0.698. The van der Waals surface area contributed by atoms with E-state index < -0.39 is 6.10 Å². The van der Waals surface area contributed by atoms with Crippen molar-refractivity contribution in [1.29, 1.82) is 0 Å². The number of para-hydroxylation sites is 3. The van der Waals surface area contributed by atoms with Crippen LogP contribution in [0.1, 0.15) is 25.0 Å². The number of fused-ring (bicyclic) bond motifs is 2. The minimum absolute atomic E-state index is 0.0473. The first-order valence-electron chi connectivity index (χ1n) is 10.4. The lowest BCUT2D eigenvalue weighted by atomic mass is 10.1. The van der Waals surface area contributed by atoms with Gasteiger partial charge in [0.05, 0.1) is 18.7 Å². The predicted octanol–water partition coefficient (Wildman–Crippen LogP) is 3.18. The van der Waals surface area contributed by atoms with Gasteiger partial charge >= 0.3 is 0 Å². The number of nitrogens with zero attached hydrogens (tertiary/aromatic N) is 3. The summed E-state index contributed by atoms with van der Waals surface area (Å²) in [6.45, 7) is 1.69. The highest BCUT2D eigenvalue weighted by molar-refractivity contribution is 5.99. The lowest BCUT2D eigenvalue weighted by molar-refractivity contribution is -0.139. The molecule has 30 heavy (non-hydrogen) atoms. The minimum Gasteiger partial charge on any atom is -0.476 e. The Hall–Kier alpha value is -3.35. The van der Waals surface area contributed by atoms with Gasteiger partial charge in [0.2, 0.25) is 5.91 Å². The van der Waals surface area contributed by atoms with Crippen LogP contribution in [0.25, 0.3) is 11.0 Å². The van der Waals surface area contributed by atoms with E-state index >= 15 is 0 Å². The third kappa shape index (κ3) is 3.40. The van der Waals surface area contributed by atoms with E-state index in [9.17, 15) is 9.59 Å². The van der Waals surface area contributed by atoms with Gasteiger partial charge in [-0.1, -0.05) is 29.4 Å². The fourth-order valence-corrected chi connectivity index (χ4v) is 4.22. The molecule has 1 aromatic heterocycles. The summed E-state index contributed by atoms with van der Waals surface area (Å²) in [5.74, 6) is 0.368. The van der Waals surface area contributed by atoms with Crippen LogP contribution in [0, 0.1) is 0 Å². The molecule has 1 atom stereocenters. The van der Waals surface area contributed by atoms with Crippen molar-refractivity contribution in [3.8, 4) is 5.75 Å². The molecule has 0 N–H and O–H groups in total. The van der Waals surface area contributed by atoms with Crippen molar-refractivity contribution in [2.24, 2.45) is 0 Å². The molecule has 2 amide bonds.